The van der Waals surface area contributed by atoms with E-state index in [2.05, 4.69) is 111 Å². The highest BCUT2D eigenvalue weighted by molar-refractivity contribution is 6.87. The molecule has 0 aliphatic carbocycles. The van der Waals surface area contributed by atoms with Gasteiger partial charge >= 0.3 is 56.0 Å². The van der Waals surface area contributed by atoms with E-state index in [1.165, 1.54) is 35.4 Å². The Balaban J connectivity index is -0.000000686. The number of esters is 5. The maximum Gasteiger partial charge on any atom is 0.678 e. The van der Waals surface area contributed by atoms with Crippen LogP contribution in [0.2, 0.25) is 141 Å². The second-order valence-corrected chi connectivity index (χ2v) is 59.6. The first kappa shape index (κ1) is 88.2. The van der Waals surface area contributed by atoms with Crippen LogP contribution in [-0.4, -0.2) is 208 Å². The van der Waals surface area contributed by atoms with Crippen LogP contribution in [0.5, 0.6) is 0 Å². The predicted octanol–water partition coefficient (Wildman–Crippen LogP) is 10.6. The smallest absolute Gasteiger partial charge is 0.463 e. The molecular weight excluding hydrogens is 1240 g/mol. The molecule has 0 aliphatic rings. The summed E-state index contributed by atoms with van der Waals surface area (Å²) in [7, 11) is -9.16. The molecule has 494 valence electrons. The number of rotatable bonds is 43. The lowest BCUT2D eigenvalue weighted by molar-refractivity contribution is -0.142. The Morgan fingerprint density at radius 3 is 0.893 bits per heavy atom. The highest BCUT2D eigenvalue weighted by atomic mass is 28.4. The van der Waals surface area contributed by atoms with Crippen molar-refractivity contribution in [2.75, 3.05) is 102 Å². The maximum absolute atomic E-state index is 11.4. The number of carbonyl (C=O) groups is 5. The molecule has 84 heavy (non-hydrogen) atoms. The fraction of sp³-hybridized carbons (Fsp3) is 0.755. The first-order chi connectivity index (χ1) is 38.5. The molecule has 0 saturated heterocycles. The molecule has 31 heteroatoms. The molecule has 0 aromatic carbocycles. The standard InChI is InChI=1S/C29H54O13Si4.C16H36O4Si3.C4H12O4Si.C4H12OSi/c1-11-27(31)35-15-19-39-45(9,38-18-14-34-26(4)30)24-22-43(5,6)42-44(7,8)23-25-46(10,40-20-16-36-28(32)12-2)41-21-17-37-29(33)13-3;1-15(2)16(17)19-11-10-12-22(6,7)20-23(8,9)14-13-21(4,5)18-3;1-5-9(6-2,7-3)8-4;1-5-6(2,3)4/h11-13H,1-3,14-25H2,4-10H3;1,10-14H2,2-9H3;1-4H3;1-4H3. The summed E-state index contributed by atoms with van der Waals surface area (Å²) in [5.74, 6) is -2.28. The molecule has 22 nitrogen and oxygen atoms in total. The van der Waals surface area contributed by atoms with Crippen molar-refractivity contribution < 1.29 is 100 Å². The zero-order chi connectivity index (χ0) is 66.1. The van der Waals surface area contributed by atoms with Crippen LogP contribution < -0.4 is 0 Å². The summed E-state index contributed by atoms with van der Waals surface area (Å²) >= 11 is 0. The molecule has 0 aromatic heterocycles. The lowest BCUT2D eigenvalue weighted by Gasteiger charge is -2.37. The van der Waals surface area contributed by atoms with Crippen LogP contribution in [-0.2, 0) is 100 Å². The van der Waals surface area contributed by atoms with Gasteiger partial charge in [0.1, 0.15) is 26.4 Å². The molecule has 0 heterocycles. The molecule has 1 atom stereocenters. The van der Waals surface area contributed by atoms with Crippen LogP contribution in [0, 0.1) is 0 Å². The van der Waals surface area contributed by atoms with Gasteiger partial charge in [-0.15, -0.1) is 0 Å². The fourth-order valence-electron chi connectivity index (χ4n) is 6.94. The van der Waals surface area contributed by atoms with Crippen molar-refractivity contribution in [3.63, 3.8) is 0 Å². The molecule has 0 saturated carbocycles. The fourth-order valence-corrected chi connectivity index (χ4v) is 38.8. The molecule has 0 fully saturated rings. The third kappa shape index (κ3) is 50.7. The van der Waals surface area contributed by atoms with Crippen LogP contribution in [0.25, 0.3) is 0 Å². The van der Waals surface area contributed by atoms with Gasteiger partial charge in [0.05, 0.1) is 33.0 Å². The SMILES string of the molecule is C=C(C)C(=O)OCCC[Si](C)(C)O[Si](C)(C)CC[Si](C)(C)OC.C=CC(=O)OCCO[Si](C)(CC[Si](C)(C)O[Si](C)(C)CC[Si](C)(OCCOC(=O)C=C)OCCOC(=O)C=C)OCCOC(C)=O.CO[Si](C)(C)C.CO[Si](OC)(OC)OC. The van der Waals surface area contributed by atoms with Crippen molar-refractivity contribution in [3.8, 4) is 0 Å². The van der Waals surface area contributed by atoms with E-state index in [1.54, 1.807) is 14.0 Å². The summed E-state index contributed by atoms with van der Waals surface area (Å²) in [4.78, 5) is 56.7. The molecule has 0 bridgehead atoms. The highest BCUT2D eigenvalue weighted by Crippen LogP contribution is 2.31. The van der Waals surface area contributed by atoms with E-state index >= 15 is 0 Å². The zero-order valence-corrected chi connectivity index (χ0v) is 65.1. The lowest BCUT2D eigenvalue weighted by Crippen LogP contribution is -2.49. The van der Waals surface area contributed by atoms with Gasteiger partial charge in [-0.05, 0) is 154 Å². The number of hydrogen-bond acceptors (Lipinski definition) is 22. The van der Waals surface area contributed by atoms with Crippen LogP contribution in [0.3, 0.4) is 0 Å². The first-order valence-electron chi connectivity index (χ1n) is 28.1. The van der Waals surface area contributed by atoms with Gasteiger partial charge in [0.15, 0.2) is 49.9 Å². The summed E-state index contributed by atoms with van der Waals surface area (Å²) in [6, 6.07) is 6.10. The number of hydrogen-bond donors (Lipinski definition) is 0. The minimum Gasteiger partial charge on any atom is -0.463 e. The number of carbonyl (C=O) groups excluding carboxylic acids is 5. The minimum absolute atomic E-state index is 0.0594. The third-order valence-corrected chi connectivity index (χ3v) is 39.6. The second kappa shape index (κ2) is 45.1. The van der Waals surface area contributed by atoms with Gasteiger partial charge in [-0.25, -0.2) is 19.2 Å². The van der Waals surface area contributed by atoms with Gasteiger partial charge in [0.2, 0.25) is 0 Å². The summed E-state index contributed by atoms with van der Waals surface area (Å²) < 4.78 is 93.4. The van der Waals surface area contributed by atoms with Crippen molar-refractivity contribution in [2.24, 2.45) is 0 Å². The van der Waals surface area contributed by atoms with Crippen molar-refractivity contribution in [1.29, 1.82) is 0 Å². The number of ether oxygens (including phenoxy) is 5. The molecule has 0 radical (unpaired) electrons. The van der Waals surface area contributed by atoms with Gasteiger partial charge in [-0.2, -0.15) is 0 Å². The topological polar surface area (TPSA) is 242 Å². The highest BCUT2D eigenvalue weighted by Gasteiger charge is 2.42. The monoisotopic (exact) mass is 1350 g/mol. The Labute approximate surface area is 516 Å². The van der Waals surface area contributed by atoms with E-state index in [0.29, 0.717) is 24.3 Å². The normalized spacial score (nSPS) is 12.9. The molecule has 0 aliphatic heterocycles. The van der Waals surface area contributed by atoms with E-state index in [-0.39, 0.29) is 64.8 Å². The molecule has 0 aromatic rings. The summed E-state index contributed by atoms with van der Waals surface area (Å²) in [5, 5.41) is 0. The van der Waals surface area contributed by atoms with Crippen molar-refractivity contribution in [3.05, 3.63) is 50.1 Å². The molecule has 0 spiro atoms. The largest absolute Gasteiger partial charge is 0.678 e. The Morgan fingerprint density at radius 2 is 0.643 bits per heavy atom. The molecular formula is C53H114O22Si9. The van der Waals surface area contributed by atoms with Gasteiger partial charge < -0.3 is 76.2 Å². The third-order valence-electron chi connectivity index (χ3n) is 12.0. The van der Waals surface area contributed by atoms with Gasteiger partial charge in [0, 0.05) is 73.4 Å². The average Bonchev–Trinajstić information content (AvgIpc) is 3.43. The van der Waals surface area contributed by atoms with Crippen LogP contribution in [0.15, 0.2) is 50.1 Å². The van der Waals surface area contributed by atoms with Gasteiger partial charge in [0.25, 0.3) is 0 Å². The van der Waals surface area contributed by atoms with Crippen molar-refractivity contribution in [2.45, 2.75) is 161 Å². The Bertz CT molecular complexity index is 1870. The van der Waals surface area contributed by atoms with E-state index < -0.39 is 94.0 Å². The predicted molar refractivity (Wildman–Crippen MR) is 352 cm³/mol. The zero-order valence-electron chi connectivity index (χ0n) is 56.1. The Kier molecular flexibility index (Phi) is 47.4. The minimum atomic E-state index is -2.78. The average molecular weight is 1360 g/mol. The van der Waals surface area contributed by atoms with Crippen LogP contribution in [0.4, 0.5) is 0 Å². The Hall–Kier alpha value is -2.22. The van der Waals surface area contributed by atoms with Crippen molar-refractivity contribution >= 4 is 106 Å². The first-order valence-corrected chi connectivity index (χ1v) is 53.8. The van der Waals surface area contributed by atoms with Crippen LogP contribution >= 0.6 is 0 Å². The van der Waals surface area contributed by atoms with E-state index in [4.69, 9.17) is 76.2 Å². The van der Waals surface area contributed by atoms with E-state index in [9.17, 15) is 24.0 Å². The summed E-state index contributed by atoms with van der Waals surface area (Å²) in [6.07, 6.45) is 4.13. The van der Waals surface area contributed by atoms with Gasteiger partial charge in [-0.3, -0.25) is 4.79 Å². The second-order valence-electron chi connectivity index (χ2n) is 23.5. The van der Waals surface area contributed by atoms with Crippen molar-refractivity contribution in [1.82, 2.24) is 0 Å². The lowest BCUT2D eigenvalue weighted by atomic mass is 10.4. The quantitative estimate of drug-likeness (QED) is 0.0181. The molecule has 0 rings (SSSR count). The summed E-state index contributed by atoms with van der Waals surface area (Å²) in [5.41, 5.74) is 0.455. The van der Waals surface area contributed by atoms with Gasteiger partial charge in [-0.1, -0.05) is 26.3 Å². The molecule has 0 amide bonds. The van der Waals surface area contributed by atoms with E-state index in [1.807, 2.05) is 20.2 Å². The molecule has 1 unspecified atom stereocenters. The van der Waals surface area contributed by atoms with Crippen LogP contribution in [0.1, 0.15) is 20.3 Å². The maximum atomic E-state index is 11.4. The Morgan fingerprint density at radius 1 is 0.357 bits per heavy atom. The summed E-state index contributed by atoms with van der Waals surface area (Å²) in [6.45, 7) is 50.8. The molecule has 0 N–H and O–H groups in total. The van der Waals surface area contributed by atoms with E-state index in [0.717, 1.165) is 54.9 Å².